The SMILES string of the molecule is C[C@@H]1CCC[C@H](C)N1CC(CS)C(C)(C)C. The second kappa shape index (κ2) is 5.77. The van der Waals surface area contributed by atoms with E-state index in [1.54, 1.807) is 0 Å². The van der Waals surface area contributed by atoms with E-state index in [1.165, 1.54) is 25.8 Å². The molecule has 1 rings (SSSR count). The lowest BCUT2D eigenvalue weighted by Gasteiger charge is -2.43. The fraction of sp³-hybridized carbons (Fsp3) is 1.00. The standard InChI is InChI=1S/C14H29NS/c1-11-7-6-8-12(2)15(11)9-13(10-16)14(3,4)5/h11-13,16H,6-10H2,1-5H3/t11-,12+,13?. The molecule has 3 atom stereocenters. The van der Waals surface area contributed by atoms with Gasteiger partial charge in [0.05, 0.1) is 0 Å². The highest BCUT2D eigenvalue weighted by atomic mass is 32.1. The molecule has 0 aromatic rings. The maximum atomic E-state index is 4.54. The largest absolute Gasteiger partial charge is 0.298 e. The van der Waals surface area contributed by atoms with E-state index >= 15 is 0 Å². The Labute approximate surface area is 107 Å². The van der Waals surface area contributed by atoms with Gasteiger partial charge in [-0.1, -0.05) is 27.2 Å². The Bertz CT molecular complexity index is 199. The van der Waals surface area contributed by atoms with Crippen LogP contribution in [0.2, 0.25) is 0 Å². The molecule has 1 unspecified atom stereocenters. The maximum Gasteiger partial charge on any atom is 0.00698 e. The zero-order chi connectivity index (χ0) is 12.3. The van der Waals surface area contributed by atoms with E-state index in [9.17, 15) is 0 Å². The highest BCUT2D eigenvalue weighted by molar-refractivity contribution is 7.80. The van der Waals surface area contributed by atoms with Gasteiger partial charge in [-0.15, -0.1) is 0 Å². The van der Waals surface area contributed by atoms with Crippen LogP contribution in [-0.4, -0.2) is 29.3 Å². The van der Waals surface area contributed by atoms with E-state index in [0.717, 1.165) is 17.8 Å². The van der Waals surface area contributed by atoms with Gasteiger partial charge in [0.25, 0.3) is 0 Å². The van der Waals surface area contributed by atoms with Crippen molar-refractivity contribution in [3.8, 4) is 0 Å². The van der Waals surface area contributed by atoms with Crippen molar-refractivity contribution in [1.29, 1.82) is 0 Å². The number of rotatable bonds is 3. The minimum Gasteiger partial charge on any atom is -0.298 e. The van der Waals surface area contributed by atoms with Gasteiger partial charge in [0.1, 0.15) is 0 Å². The first kappa shape index (κ1) is 14.4. The summed E-state index contributed by atoms with van der Waals surface area (Å²) in [5.74, 6) is 1.69. The number of hydrogen-bond acceptors (Lipinski definition) is 2. The number of hydrogen-bond donors (Lipinski definition) is 1. The molecule has 0 aromatic carbocycles. The summed E-state index contributed by atoms with van der Waals surface area (Å²) in [5.41, 5.74) is 0.374. The molecule has 1 nitrogen and oxygen atoms in total. The number of nitrogens with zero attached hydrogens (tertiary/aromatic N) is 1. The summed E-state index contributed by atoms with van der Waals surface area (Å²) in [6, 6.07) is 1.52. The average Bonchev–Trinajstić information content (AvgIpc) is 2.15. The molecule has 0 aliphatic carbocycles. The van der Waals surface area contributed by atoms with Gasteiger partial charge in [-0.25, -0.2) is 0 Å². The quantitative estimate of drug-likeness (QED) is 0.737. The lowest BCUT2D eigenvalue weighted by atomic mass is 9.80. The van der Waals surface area contributed by atoms with E-state index in [2.05, 4.69) is 52.1 Å². The van der Waals surface area contributed by atoms with E-state index in [1.807, 2.05) is 0 Å². The van der Waals surface area contributed by atoms with Crippen molar-refractivity contribution in [2.24, 2.45) is 11.3 Å². The molecule has 0 aromatic heterocycles. The van der Waals surface area contributed by atoms with E-state index in [4.69, 9.17) is 0 Å². The van der Waals surface area contributed by atoms with Crippen LogP contribution in [0.4, 0.5) is 0 Å². The van der Waals surface area contributed by atoms with Crippen molar-refractivity contribution in [3.63, 3.8) is 0 Å². The van der Waals surface area contributed by atoms with Crippen molar-refractivity contribution in [2.75, 3.05) is 12.3 Å². The normalized spacial score (nSPS) is 30.4. The van der Waals surface area contributed by atoms with Crippen molar-refractivity contribution in [3.05, 3.63) is 0 Å². The first-order valence-electron chi connectivity index (χ1n) is 6.73. The van der Waals surface area contributed by atoms with Crippen LogP contribution >= 0.6 is 12.6 Å². The number of likely N-dealkylation sites (tertiary alicyclic amines) is 1. The highest BCUT2D eigenvalue weighted by Gasteiger charge is 2.31. The number of thiol groups is 1. The van der Waals surface area contributed by atoms with Crippen LogP contribution in [0.15, 0.2) is 0 Å². The lowest BCUT2D eigenvalue weighted by molar-refractivity contribution is 0.0632. The molecule has 2 heteroatoms. The lowest BCUT2D eigenvalue weighted by Crippen LogP contribution is -2.48. The Balaban J connectivity index is 2.62. The third-order valence-corrected chi connectivity index (χ3v) is 4.69. The summed E-state index contributed by atoms with van der Waals surface area (Å²) in [5, 5.41) is 0. The smallest absolute Gasteiger partial charge is 0.00698 e. The molecular weight excluding hydrogens is 214 g/mol. The molecule has 96 valence electrons. The summed E-state index contributed by atoms with van der Waals surface area (Å²) in [6.07, 6.45) is 4.14. The van der Waals surface area contributed by atoms with E-state index in [-0.39, 0.29) is 0 Å². The zero-order valence-electron chi connectivity index (χ0n) is 11.7. The summed E-state index contributed by atoms with van der Waals surface area (Å²) in [6.45, 7) is 13.0. The van der Waals surface area contributed by atoms with Crippen LogP contribution in [0.25, 0.3) is 0 Å². The molecule has 1 aliphatic heterocycles. The topological polar surface area (TPSA) is 3.24 Å². The molecule has 16 heavy (non-hydrogen) atoms. The second-order valence-corrected chi connectivity index (χ2v) is 6.94. The molecule has 0 N–H and O–H groups in total. The monoisotopic (exact) mass is 243 g/mol. The van der Waals surface area contributed by atoms with Gasteiger partial charge in [0, 0.05) is 18.6 Å². The molecule has 1 fully saturated rings. The molecule has 1 saturated heterocycles. The van der Waals surface area contributed by atoms with Gasteiger partial charge in [0.2, 0.25) is 0 Å². The van der Waals surface area contributed by atoms with Gasteiger partial charge in [0.15, 0.2) is 0 Å². The third-order valence-electron chi connectivity index (χ3n) is 4.25. The van der Waals surface area contributed by atoms with Crippen LogP contribution in [0.3, 0.4) is 0 Å². The van der Waals surface area contributed by atoms with Crippen LogP contribution in [0.5, 0.6) is 0 Å². The van der Waals surface area contributed by atoms with Crippen molar-refractivity contribution in [2.45, 2.75) is 66.0 Å². The zero-order valence-corrected chi connectivity index (χ0v) is 12.6. The predicted molar refractivity (Wildman–Crippen MR) is 76.3 cm³/mol. The molecular formula is C14H29NS. The van der Waals surface area contributed by atoms with Gasteiger partial charge < -0.3 is 0 Å². The Hall–Kier alpha value is 0.310. The summed E-state index contributed by atoms with van der Waals surface area (Å²) in [7, 11) is 0. The first-order valence-corrected chi connectivity index (χ1v) is 7.36. The number of piperidine rings is 1. The molecule has 0 bridgehead atoms. The Kier molecular flexibility index (Phi) is 5.18. The molecule has 1 aliphatic rings. The fourth-order valence-electron chi connectivity index (χ4n) is 2.69. The van der Waals surface area contributed by atoms with Gasteiger partial charge in [-0.2, -0.15) is 12.6 Å². The predicted octanol–water partition coefficient (Wildman–Crippen LogP) is 3.84. The molecule has 0 amide bonds. The van der Waals surface area contributed by atoms with Crippen LogP contribution in [-0.2, 0) is 0 Å². The van der Waals surface area contributed by atoms with Crippen LogP contribution in [0.1, 0.15) is 53.9 Å². The average molecular weight is 243 g/mol. The van der Waals surface area contributed by atoms with Gasteiger partial charge in [-0.3, -0.25) is 4.90 Å². The van der Waals surface area contributed by atoms with E-state index < -0.39 is 0 Å². The maximum absolute atomic E-state index is 4.54. The van der Waals surface area contributed by atoms with Crippen molar-refractivity contribution < 1.29 is 0 Å². The minimum absolute atomic E-state index is 0.374. The minimum atomic E-state index is 0.374. The summed E-state index contributed by atoms with van der Waals surface area (Å²) >= 11 is 4.54. The molecule has 0 radical (unpaired) electrons. The second-order valence-electron chi connectivity index (χ2n) is 6.57. The molecule has 0 saturated carbocycles. The van der Waals surface area contributed by atoms with Gasteiger partial charge in [-0.05, 0) is 43.8 Å². The molecule has 1 heterocycles. The fourth-order valence-corrected chi connectivity index (χ4v) is 3.36. The van der Waals surface area contributed by atoms with Crippen molar-refractivity contribution in [1.82, 2.24) is 4.90 Å². The Morgan fingerprint density at radius 2 is 1.69 bits per heavy atom. The van der Waals surface area contributed by atoms with Crippen molar-refractivity contribution >= 4 is 12.6 Å². The summed E-state index contributed by atoms with van der Waals surface area (Å²) in [4.78, 5) is 2.70. The molecule has 0 spiro atoms. The van der Waals surface area contributed by atoms with Crippen LogP contribution in [0, 0.1) is 11.3 Å². The Morgan fingerprint density at radius 3 is 2.06 bits per heavy atom. The van der Waals surface area contributed by atoms with Crippen LogP contribution < -0.4 is 0 Å². The van der Waals surface area contributed by atoms with Gasteiger partial charge >= 0.3 is 0 Å². The summed E-state index contributed by atoms with van der Waals surface area (Å²) < 4.78 is 0. The Morgan fingerprint density at radius 1 is 1.19 bits per heavy atom. The first-order chi connectivity index (χ1) is 7.36. The van der Waals surface area contributed by atoms with E-state index in [0.29, 0.717) is 11.3 Å². The highest BCUT2D eigenvalue weighted by Crippen LogP contribution is 2.31. The third kappa shape index (κ3) is 3.66.